The second-order valence-electron chi connectivity index (χ2n) is 2.60. The van der Waals surface area contributed by atoms with Gasteiger partial charge in [-0.2, -0.15) is 0 Å². The summed E-state index contributed by atoms with van der Waals surface area (Å²) in [4.78, 5) is 22.0. The SMILES string of the molecule is C=CC(=O)OCC(=O)c1ccccc1. The van der Waals surface area contributed by atoms with E-state index in [2.05, 4.69) is 11.3 Å². The molecule has 14 heavy (non-hydrogen) atoms. The van der Waals surface area contributed by atoms with E-state index in [0.29, 0.717) is 5.56 Å². The summed E-state index contributed by atoms with van der Waals surface area (Å²) in [6.45, 7) is 2.98. The Bertz CT molecular complexity index is 341. The number of rotatable bonds is 4. The maximum absolute atomic E-state index is 11.4. The van der Waals surface area contributed by atoms with Gasteiger partial charge in [0.25, 0.3) is 0 Å². The highest BCUT2D eigenvalue weighted by Crippen LogP contribution is 2.00. The third kappa shape index (κ3) is 2.86. The van der Waals surface area contributed by atoms with Crippen LogP contribution in [0.2, 0.25) is 0 Å². The fraction of sp³-hybridized carbons (Fsp3) is 0.0909. The molecule has 0 aromatic heterocycles. The number of benzene rings is 1. The predicted molar refractivity (Wildman–Crippen MR) is 51.9 cm³/mol. The molecule has 0 atom stereocenters. The molecule has 0 radical (unpaired) electrons. The van der Waals surface area contributed by atoms with Crippen LogP contribution in [0, 0.1) is 0 Å². The summed E-state index contributed by atoms with van der Waals surface area (Å²) < 4.78 is 4.60. The number of hydrogen-bond donors (Lipinski definition) is 0. The van der Waals surface area contributed by atoms with Gasteiger partial charge < -0.3 is 4.74 Å². The number of carbonyl (C=O) groups excluding carboxylic acids is 2. The van der Waals surface area contributed by atoms with Crippen molar-refractivity contribution in [3.63, 3.8) is 0 Å². The quantitative estimate of drug-likeness (QED) is 0.411. The minimum Gasteiger partial charge on any atom is -0.454 e. The number of hydrogen-bond acceptors (Lipinski definition) is 3. The van der Waals surface area contributed by atoms with Gasteiger partial charge in [-0.05, 0) is 0 Å². The lowest BCUT2D eigenvalue weighted by Crippen LogP contribution is -2.12. The Kier molecular flexibility index (Phi) is 3.61. The van der Waals surface area contributed by atoms with E-state index in [1.165, 1.54) is 0 Å². The minimum atomic E-state index is -0.589. The molecule has 3 nitrogen and oxygen atoms in total. The van der Waals surface area contributed by atoms with Crippen molar-refractivity contribution in [1.29, 1.82) is 0 Å². The van der Waals surface area contributed by atoms with E-state index in [-0.39, 0.29) is 12.4 Å². The highest BCUT2D eigenvalue weighted by Gasteiger charge is 2.06. The fourth-order valence-corrected chi connectivity index (χ4v) is 0.903. The number of ketones is 1. The molecule has 0 unspecified atom stereocenters. The molecule has 0 amide bonds. The van der Waals surface area contributed by atoms with Crippen LogP contribution in [-0.4, -0.2) is 18.4 Å². The molecule has 0 bridgehead atoms. The van der Waals surface area contributed by atoms with Crippen molar-refractivity contribution >= 4 is 11.8 Å². The molecule has 1 rings (SSSR count). The molecule has 0 aliphatic heterocycles. The van der Waals surface area contributed by atoms with Crippen LogP contribution in [0.25, 0.3) is 0 Å². The standard InChI is InChI=1S/C11H10O3/c1-2-11(13)14-8-10(12)9-6-4-3-5-7-9/h2-7H,1,8H2. The molecule has 1 aromatic carbocycles. The second kappa shape index (κ2) is 4.97. The van der Waals surface area contributed by atoms with Crippen molar-refractivity contribution in [2.45, 2.75) is 0 Å². The third-order valence-electron chi connectivity index (χ3n) is 1.61. The molecule has 0 aliphatic carbocycles. The zero-order valence-corrected chi connectivity index (χ0v) is 7.60. The third-order valence-corrected chi connectivity index (χ3v) is 1.61. The van der Waals surface area contributed by atoms with Crippen LogP contribution in [0.5, 0.6) is 0 Å². The van der Waals surface area contributed by atoms with Crippen LogP contribution >= 0.6 is 0 Å². The van der Waals surface area contributed by atoms with Gasteiger partial charge in [-0.15, -0.1) is 0 Å². The second-order valence-corrected chi connectivity index (χ2v) is 2.60. The van der Waals surface area contributed by atoms with Gasteiger partial charge in [0.1, 0.15) is 0 Å². The fourth-order valence-electron chi connectivity index (χ4n) is 0.903. The van der Waals surface area contributed by atoms with Gasteiger partial charge in [0, 0.05) is 11.6 Å². The molecule has 3 heteroatoms. The average Bonchev–Trinajstić information content (AvgIpc) is 2.26. The Hall–Kier alpha value is -1.90. The zero-order valence-electron chi connectivity index (χ0n) is 7.60. The Morgan fingerprint density at radius 3 is 2.50 bits per heavy atom. The van der Waals surface area contributed by atoms with E-state index >= 15 is 0 Å². The van der Waals surface area contributed by atoms with Crippen LogP contribution in [0.1, 0.15) is 10.4 Å². The lowest BCUT2D eigenvalue weighted by molar-refractivity contribution is -0.136. The van der Waals surface area contributed by atoms with Gasteiger partial charge in [-0.1, -0.05) is 36.9 Å². The van der Waals surface area contributed by atoms with Crippen molar-refractivity contribution in [3.8, 4) is 0 Å². The van der Waals surface area contributed by atoms with Gasteiger partial charge >= 0.3 is 5.97 Å². The Balaban J connectivity index is 2.52. The Morgan fingerprint density at radius 1 is 1.29 bits per heavy atom. The Morgan fingerprint density at radius 2 is 1.93 bits per heavy atom. The van der Waals surface area contributed by atoms with Crippen molar-refractivity contribution in [3.05, 3.63) is 48.6 Å². The van der Waals surface area contributed by atoms with E-state index in [1.807, 2.05) is 6.07 Å². The molecule has 0 spiro atoms. The molecule has 0 fully saturated rings. The van der Waals surface area contributed by atoms with Crippen LogP contribution in [-0.2, 0) is 9.53 Å². The first-order chi connectivity index (χ1) is 6.74. The number of Topliss-reactive ketones (excluding diaryl/α,β-unsaturated/α-hetero) is 1. The normalized spacial score (nSPS) is 9.14. The van der Waals surface area contributed by atoms with E-state index in [4.69, 9.17) is 0 Å². The first-order valence-corrected chi connectivity index (χ1v) is 4.11. The molecular formula is C11H10O3. The molecule has 1 aromatic rings. The highest BCUT2D eigenvalue weighted by atomic mass is 16.5. The van der Waals surface area contributed by atoms with E-state index in [1.54, 1.807) is 24.3 Å². The van der Waals surface area contributed by atoms with Crippen molar-refractivity contribution in [2.75, 3.05) is 6.61 Å². The number of ether oxygens (including phenoxy) is 1. The van der Waals surface area contributed by atoms with E-state index in [9.17, 15) is 9.59 Å². The van der Waals surface area contributed by atoms with Gasteiger partial charge in [-0.3, -0.25) is 4.79 Å². The molecule has 0 aliphatic rings. The average molecular weight is 190 g/mol. The van der Waals surface area contributed by atoms with Crippen LogP contribution in [0.15, 0.2) is 43.0 Å². The van der Waals surface area contributed by atoms with Crippen LogP contribution < -0.4 is 0 Å². The monoisotopic (exact) mass is 190 g/mol. The summed E-state index contributed by atoms with van der Waals surface area (Å²) in [6.07, 6.45) is 1.03. The number of esters is 1. The minimum absolute atomic E-state index is 0.221. The molecule has 0 saturated heterocycles. The summed E-state index contributed by atoms with van der Waals surface area (Å²) in [5.74, 6) is -0.810. The van der Waals surface area contributed by atoms with Gasteiger partial charge in [0.2, 0.25) is 0 Å². The van der Waals surface area contributed by atoms with Gasteiger partial charge in [-0.25, -0.2) is 4.79 Å². The molecular weight excluding hydrogens is 180 g/mol. The van der Waals surface area contributed by atoms with Gasteiger partial charge in [0.15, 0.2) is 12.4 Å². The number of carbonyl (C=O) groups is 2. The lowest BCUT2D eigenvalue weighted by Gasteiger charge is -2.00. The molecule has 0 N–H and O–H groups in total. The maximum Gasteiger partial charge on any atom is 0.330 e. The van der Waals surface area contributed by atoms with E-state index < -0.39 is 5.97 Å². The highest BCUT2D eigenvalue weighted by molar-refractivity contribution is 5.98. The Labute approximate surface area is 82.0 Å². The van der Waals surface area contributed by atoms with Crippen molar-refractivity contribution < 1.29 is 14.3 Å². The molecule has 0 saturated carbocycles. The molecule has 0 heterocycles. The largest absolute Gasteiger partial charge is 0.454 e. The zero-order chi connectivity index (χ0) is 10.4. The topological polar surface area (TPSA) is 43.4 Å². The first kappa shape index (κ1) is 10.2. The summed E-state index contributed by atoms with van der Waals surface area (Å²) in [5.41, 5.74) is 0.532. The summed E-state index contributed by atoms with van der Waals surface area (Å²) in [6, 6.07) is 8.66. The summed E-state index contributed by atoms with van der Waals surface area (Å²) in [7, 11) is 0. The summed E-state index contributed by atoms with van der Waals surface area (Å²) in [5, 5.41) is 0. The van der Waals surface area contributed by atoms with E-state index in [0.717, 1.165) is 6.08 Å². The van der Waals surface area contributed by atoms with Crippen LogP contribution in [0.4, 0.5) is 0 Å². The van der Waals surface area contributed by atoms with Crippen molar-refractivity contribution in [1.82, 2.24) is 0 Å². The lowest BCUT2D eigenvalue weighted by atomic mass is 10.1. The first-order valence-electron chi connectivity index (χ1n) is 4.11. The smallest absolute Gasteiger partial charge is 0.330 e. The van der Waals surface area contributed by atoms with Crippen molar-refractivity contribution in [2.24, 2.45) is 0 Å². The van der Waals surface area contributed by atoms with Crippen LogP contribution in [0.3, 0.4) is 0 Å². The molecule has 72 valence electrons. The summed E-state index contributed by atoms with van der Waals surface area (Å²) >= 11 is 0. The predicted octanol–water partition coefficient (Wildman–Crippen LogP) is 1.60. The maximum atomic E-state index is 11.4. The van der Waals surface area contributed by atoms with Gasteiger partial charge in [0.05, 0.1) is 0 Å².